The van der Waals surface area contributed by atoms with Crippen molar-refractivity contribution in [2.75, 3.05) is 11.7 Å². The molecule has 190 valence electrons. The molecule has 2 aliphatic heterocycles. The van der Waals surface area contributed by atoms with E-state index in [0.717, 1.165) is 29.4 Å². The predicted molar refractivity (Wildman–Crippen MR) is 126 cm³/mol. The average Bonchev–Trinajstić information content (AvgIpc) is 3.03. The highest BCUT2D eigenvalue weighted by molar-refractivity contribution is 7.98. The summed E-state index contributed by atoms with van der Waals surface area (Å²) in [7, 11) is 0. The van der Waals surface area contributed by atoms with Crippen molar-refractivity contribution in [3.05, 3.63) is 92.6 Å². The number of carbonyl (C=O) groups excluding carboxylic acids is 1. The van der Waals surface area contributed by atoms with Crippen molar-refractivity contribution in [1.82, 2.24) is 9.58 Å². The standard InChI is InChI=1S/C25H18F4N4O3S/c1-13(25(27,28)29)31-12-33(32-9-8-19(34)22(35)21(32)24(31)36)20-15-5-2-4-14(10-30)17(15)11-37-23-16(20)6-3-7-18(23)26/h2-9,13,20,35H,11-12H2,1H3/t13-,20+/m1/s1. The van der Waals surface area contributed by atoms with Crippen LogP contribution in [0.1, 0.15) is 45.7 Å². The fourth-order valence-electron chi connectivity index (χ4n) is 4.69. The summed E-state index contributed by atoms with van der Waals surface area (Å²) in [6.45, 7) is 0.207. The van der Waals surface area contributed by atoms with Gasteiger partial charge < -0.3 is 10.0 Å². The Balaban J connectivity index is 1.82. The summed E-state index contributed by atoms with van der Waals surface area (Å²) in [6, 6.07) is 9.13. The summed E-state index contributed by atoms with van der Waals surface area (Å²) in [5.74, 6) is -2.49. The van der Waals surface area contributed by atoms with E-state index in [0.29, 0.717) is 27.2 Å². The van der Waals surface area contributed by atoms with Gasteiger partial charge >= 0.3 is 6.18 Å². The number of hydrogen-bond donors (Lipinski definition) is 1. The van der Waals surface area contributed by atoms with E-state index in [1.54, 1.807) is 24.3 Å². The van der Waals surface area contributed by atoms with Gasteiger partial charge in [-0.15, -0.1) is 11.8 Å². The lowest BCUT2D eigenvalue weighted by atomic mass is 9.92. The van der Waals surface area contributed by atoms with E-state index in [9.17, 15) is 33.1 Å². The average molecular weight is 531 g/mol. The minimum Gasteiger partial charge on any atom is -0.502 e. The Kier molecular flexibility index (Phi) is 5.91. The first-order valence-electron chi connectivity index (χ1n) is 11.1. The lowest BCUT2D eigenvalue weighted by Crippen LogP contribution is -2.60. The number of fused-ring (bicyclic) bond motifs is 3. The highest BCUT2D eigenvalue weighted by Crippen LogP contribution is 2.45. The Morgan fingerprint density at radius 1 is 1.14 bits per heavy atom. The number of benzene rings is 2. The first-order chi connectivity index (χ1) is 17.5. The first kappa shape index (κ1) is 24.7. The van der Waals surface area contributed by atoms with E-state index in [1.165, 1.54) is 23.3 Å². The van der Waals surface area contributed by atoms with Crippen LogP contribution >= 0.6 is 11.8 Å². The molecular formula is C25H18F4N4O3S. The predicted octanol–water partition coefficient (Wildman–Crippen LogP) is 4.26. The Labute approximate surface area is 212 Å². The van der Waals surface area contributed by atoms with Crippen molar-refractivity contribution in [3.8, 4) is 11.8 Å². The lowest BCUT2D eigenvalue weighted by Gasteiger charge is -2.46. The number of carbonyl (C=O) groups is 1. The summed E-state index contributed by atoms with van der Waals surface area (Å²) in [6.07, 6.45) is -3.61. The maximum absolute atomic E-state index is 15.0. The number of aromatic nitrogens is 1. The summed E-state index contributed by atoms with van der Waals surface area (Å²) in [5, 5.41) is 21.6. The maximum atomic E-state index is 15.0. The number of aromatic hydroxyl groups is 1. The number of thioether (sulfide) groups is 1. The van der Waals surface area contributed by atoms with Gasteiger partial charge in [-0.05, 0) is 35.7 Å². The molecule has 2 atom stereocenters. The van der Waals surface area contributed by atoms with Crippen LogP contribution in [0.25, 0.3) is 0 Å². The van der Waals surface area contributed by atoms with Crippen LogP contribution in [-0.4, -0.2) is 39.5 Å². The molecule has 7 nitrogen and oxygen atoms in total. The molecule has 37 heavy (non-hydrogen) atoms. The molecule has 0 saturated carbocycles. The summed E-state index contributed by atoms with van der Waals surface area (Å²) >= 11 is 1.15. The molecular weight excluding hydrogens is 512 g/mol. The third-order valence-electron chi connectivity index (χ3n) is 6.61. The third kappa shape index (κ3) is 3.90. The van der Waals surface area contributed by atoms with E-state index >= 15 is 4.39 Å². The van der Waals surface area contributed by atoms with Crippen LogP contribution in [0, 0.1) is 17.1 Å². The molecule has 1 amide bonds. The molecule has 0 bridgehead atoms. The zero-order valence-electron chi connectivity index (χ0n) is 19.2. The molecule has 0 saturated heterocycles. The van der Waals surface area contributed by atoms with Crippen molar-refractivity contribution in [2.45, 2.75) is 35.8 Å². The number of halogens is 4. The van der Waals surface area contributed by atoms with Gasteiger partial charge in [0.1, 0.15) is 18.5 Å². The van der Waals surface area contributed by atoms with Crippen molar-refractivity contribution in [3.63, 3.8) is 0 Å². The Hall–Kier alpha value is -3.98. The van der Waals surface area contributed by atoms with Crippen molar-refractivity contribution < 1.29 is 27.5 Å². The summed E-state index contributed by atoms with van der Waals surface area (Å²) in [4.78, 5) is 26.2. The van der Waals surface area contributed by atoms with E-state index in [-0.39, 0.29) is 10.6 Å². The summed E-state index contributed by atoms with van der Waals surface area (Å²) < 4.78 is 57.5. The number of rotatable bonds is 2. The van der Waals surface area contributed by atoms with Crippen LogP contribution in [0.3, 0.4) is 0 Å². The Morgan fingerprint density at radius 3 is 2.54 bits per heavy atom. The van der Waals surface area contributed by atoms with E-state index in [2.05, 4.69) is 6.07 Å². The smallest absolute Gasteiger partial charge is 0.408 e. The molecule has 1 aromatic heterocycles. The molecule has 0 aliphatic carbocycles. The van der Waals surface area contributed by atoms with Crippen LogP contribution in [0.15, 0.2) is 58.4 Å². The van der Waals surface area contributed by atoms with Gasteiger partial charge in [-0.2, -0.15) is 18.4 Å². The van der Waals surface area contributed by atoms with Crippen LogP contribution in [-0.2, 0) is 5.75 Å². The van der Waals surface area contributed by atoms with Gasteiger partial charge in [0.2, 0.25) is 5.43 Å². The summed E-state index contributed by atoms with van der Waals surface area (Å²) in [5.41, 5.74) is 0.235. The van der Waals surface area contributed by atoms with Gasteiger partial charge in [-0.25, -0.2) is 4.39 Å². The number of alkyl halides is 3. The zero-order chi connectivity index (χ0) is 26.6. The lowest BCUT2D eigenvalue weighted by molar-refractivity contribution is -0.173. The van der Waals surface area contributed by atoms with Crippen LogP contribution in [0.2, 0.25) is 0 Å². The van der Waals surface area contributed by atoms with Gasteiger partial charge in [0.15, 0.2) is 11.4 Å². The van der Waals surface area contributed by atoms with Gasteiger partial charge in [-0.3, -0.25) is 19.3 Å². The number of pyridine rings is 1. The molecule has 1 N–H and O–H groups in total. The molecule has 0 fully saturated rings. The van der Waals surface area contributed by atoms with Gasteiger partial charge in [0.05, 0.1) is 17.7 Å². The molecule has 2 aromatic carbocycles. The topological polar surface area (TPSA) is 89.6 Å². The second kappa shape index (κ2) is 8.85. The molecule has 0 unspecified atom stereocenters. The molecule has 5 rings (SSSR count). The Morgan fingerprint density at radius 2 is 1.84 bits per heavy atom. The minimum atomic E-state index is -4.80. The molecule has 0 radical (unpaired) electrons. The normalized spacial score (nSPS) is 17.8. The largest absolute Gasteiger partial charge is 0.502 e. The van der Waals surface area contributed by atoms with Gasteiger partial charge in [-0.1, -0.05) is 24.3 Å². The highest BCUT2D eigenvalue weighted by atomic mass is 32.2. The van der Waals surface area contributed by atoms with E-state index in [1.807, 2.05) is 0 Å². The van der Waals surface area contributed by atoms with E-state index < -0.39 is 53.5 Å². The van der Waals surface area contributed by atoms with Crippen LogP contribution in [0.4, 0.5) is 17.6 Å². The molecule has 0 spiro atoms. The quantitative estimate of drug-likeness (QED) is 0.498. The molecule has 12 heteroatoms. The van der Waals surface area contributed by atoms with Crippen molar-refractivity contribution >= 4 is 17.7 Å². The number of nitrogens with zero attached hydrogens (tertiary/aromatic N) is 4. The zero-order valence-corrected chi connectivity index (χ0v) is 20.0. The highest BCUT2D eigenvalue weighted by Gasteiger charge is 2.47. The number of amides is 1. The van der Waals surface area contributed by atoms with Crippen molar-refractivity contribution in [1.29, 1.82) is 5.26 Å². The van der Waals surface area contributed by atoms with Gasteiger partial charge in [0, 0.05) is 22.9 Å². The maximum Gasteiger partial charge on any atom is 0.408 e. The van der Waals surface area contributed by atoms with Crippen molar-refractivity contribution in [2.24, 2.45) is 0 Å². The fraction of sp³-hybridized carbons (Fsp3) is 0.240. The SMILES string of the molecule is C[C@@H](N1CN([C@H]2c3cccc(C#N)c3CSc3c(F)cccc32)n2ccc(=O)c(O)c2C1=O)C(F)(F)F. The number of nitriles is 1. The molecule has 3 aromatic rings. The second-order valence-electron chi connectivity index (χ2n) is 8.63. The number of hydrogen-bond acceptors (Lipinski definition) is 6. The fourth-order valence-corrected chi connectivity index (χ4v) is 5.85. The monoisotopic (exact) mass is 530 g/mol. The molecule has 2 aliphatic rings. The van der Waals surface area contributed by atoms with E-state index in [4.69, 9.17) is 0 Å². The minimum absolute atomic E-state index is 0.223. The molecule has 3 heterocycles. The first-order valence-corrected chi connectivity index (χ1v) is 12.1. The van der Waals surface area contributed by atoms with Gasteiger partial charge in [0.25, 0.3) is 5.91 Å². The van der Waals surface area contributed by atoms with Crippen LogP contribution < -0.4 is 10.4 Å². The third-order valence-corrected chi connectivity index (χ3v) is 7.76. The Bertz CT molecular complexity index is 1530. The van der Waals surface area contributed by atoms with Crippen LogP contribution in [0.5, 0.6) is 5.75 Å². The second-order valence-corrected chi connectivity index (χ2v) is 9.62.